The monoisotopic (exact) mass is 291 g/mol. The molecular weight excluding hydrogens is 266 g/mol. The van der Waals surface area contributed by atoms with Crippen LogP contribution in [0, 0.1) is 5.92 Å². The standard InChI is InChI=1S/C16H25N3O2/c20-16(21)13-6-9-18(10-7-13)12-14-8-11-19(17-14)15-4-2-1-3-5-15/h8,11,13,15H,1-7,9-10,12H2,(H,20,21). The van der Waals surface area contributed by atoms with Crippen LogP contribution >= 0.6 is 0 Å². The van der Waals surface area contributed by atoms with Crippen LogP contribution in [0.15, 0.2) is 12.3 Å². The first-order valence-electron chi connectivity index (χ1n) is 8.21. The SMILES string of the molecule is O=C(O)C1CCN(Cc2ccn(C3CCCCC3)n2)CC1. The average molecular weight is 291 g/mol. The minimum absolute atomic E-state index is 0.152. The van der Waals surface area contributed by atoms with Gasteiger partial charge in [-0.3, -0.25) is 14.4 Å². The van der Waals surface area contributed by atoms with Gasteiger partial charge in [-0.05, 0) is 44.8 Å². The molecule has 0 atom stereocenters. The van der Waals surface area contributed by atoms with Crippen molar-refractivity contribution < 1.29 is 9.90 Å². The van der Waals surface area contributed by atoms with Crippen LogP contribution in [0.3, 0.4) is 0 Å². The lowest BCUT2D eigenvalue weighted by molar-refractivity contribution is -0.143. The molecule has 1 aromatic heterocycles. The Morgan fingerprint density at radius 3 is 2.57 bits per heavy atom. The molecule has 0 spiro atoms. The first-order valence-corrected chi connectivity index (χ1v) is 8.21. The zero-order chi connectivity index (χ0) is 14.7. The molecule has 2 heterocycles. The summed E-state index contributed by atoms with van der Waals surface area (Å²) in [7, 11) is 0. The maximum atomic E-state index is 11.0. The number of hydrogen-bond donors (Lipinski definition) is 1. The third kappa shape index (κ3) is 3.64. The van der Waals surface area contributed by atoms with Gasteiger partial charge in [0.15, 0.2) is 0 Å². The molecule has 5 nitrogen and oxygen atoms in total. The molecule has 2 aliphatic rings. The van der Waals surface area contributed by atoms with Crippen LogP contribution in [-0.2, 0) is 11.3 Å². The number of hydrogen-bond acceptors (Lipinski definition) is 3. The summed E-state index contributed by atoms with van der Waals surface area (Å²) in [6, 6.07) is 2.71. The number of aromatic nitrogens is 2. The largest absolute Gasteiger partial charge is 0.481 e. The van der Waals surface area contributed by atoms with Gasteiger partial charge in [0.05, 0.1) is 17.7 Å². The Bertz CT molecular complexity index is 472. The van der Waals surface area contributed by atoms with E-state index in [-0.39, 0.29) is 5.92 Å². The van der Waals surface area contributed by atoms with E-state index in [4.69, 9.17) is 10.2 Å². The molecule has 21 heavy (non-hydrogen) atoms. The maximum absolute atomic E-state index is 11.0. The zero-order valence-corrected chi connectivity index (χ0v) is 12.6. The second-order valence-electron chi connectivity index (χ2n) is 6.47. The molecule has 2 fully saturated rings. The van der Waals surface area contributed by atoms with E-state index in [0.717, 1.165) is 38.2 Å². The molecule has 1 saturated heterocycles. The Kier molecular flexibility index (Phi) is 4.58. The van der Waals surface area contributed by atoms with Gasteiger partial charge in [-0.15, -0.1) is 0 Å². The van der Waals surface area contributed by atoms with E-state index in [1.165, 1.54) is 32.1 Å². The number of rotatable bonds is 4. The van der Waals surface area contributed by atoms with Crippen molar-refractivity contribution in [3.63, 3.8) is 0 Å². The van der Waals surface area contributed by atoms with Gasteiger partial charge in [-0.1, -0.05) is 19.3 Å². The molecule has 3 rings (SSSR count). The second-order valence-corrected chi connectivity index (χ2v) is 6.47. The molecule has 0 radical (unpaired) electrons. The quantitative estimate of drug-likeness (QED) is 0.926. The fourth-order valence-corrected chi connectivity index (χ4v) is 3.58. The fraction of sp³-hybridized carbons (Fsp3) is 0.750. The number of carboxylic acid groups (broad SMARTS) is 1. The van der Waals surface area contributed by atoms with E-state index >= 15 is 0 Å². The van der Waals surface area contributed by atoms with E-state index in [1.54, 1.807) is 0 Å². The van der Waals surface area contributed by atoms with Crippen LogP contribution in [0.2, 0.25) is 0 Å². The zero-order valence-electron chi connectivity index (χ0n) is 12.6. The lowest BCUT2D eigenvalue weighted by Gasteiger charge is -2.29. The number of piperidine rings is 1. The van der Waals surface area contributed by atoms with Crippen molar-refractivity contribution >= 4 is 5.97 Å². The number of likely N-dealkylation sites (tertiary alicyclic amines) is 1. The van der Waals surface area contributed by atoms with E-state index in [1.807, 2.05) is 0 Å². The van der Waals surface area contributed by atoms with Crippen LogP contribution in [-0.4, -0.2) is 38.8 Å². The number of carboxylic acids is 1. The molecule has 0 amide bonds. The van der Waals surface area contributed by atoms with Gasteiger partial charge >= 0.3 is 5.97 Å². The highest BCUT2D eigenvalue weighted by molar-refractivity contribution is 5.70. The van der Waals surface area contributed by atoms with Crippen molar-refractivity contribution in [3.8, 4) is 0 Å². The number of aliphatic carboxylic acids is 1. The molecule has 0 aromatic carbocycles. The molecule has 1 aliphatic carbocycles. The third-order valence-electron chi connectivity index (χ3n) is 4.93. The van der Waals surface area contributed by atoms with Crippen LogP contribution in [0.25, 0.3) is 0 Å². The lowest BCUT2D eigenvalue weighted by Crippen LogP contribution is -2.36. The molecule has 5 heteroatoms. The third-order valence-corrected chi connectivity index (χ3v) is 4.93. The molecule has 0 bridgehead atoms. The van der Waals surface area contributed by atoms with E-state index in [2.05, 4.69) is 21.8 Å². The Morgan fingerprint density at radius 1 is 1.19 bits per heavy atom. The van der Waals surface area contributed by atoms with E-state index in [9.17, 15) is 4.79 Å². The van der Waals surface area contributed by atoms with Gasteiger partial charge in [-0.2, -0.15) is 5.10 Å². The van der Waals surface area contributed by atoms with Gasteiger partial charge in [0, 0.05) is 12.7 Å². The van der Waals surface area contributed by atoms with Gasteiger partial charge in [0.1, 0.15) is 0 Å². The van der Waals surface area contributed by atoms with Gasteiger partial charge in [0.25, 0.3) is 0 Å². The summed E-state index contributed by atoms with van der Waals surface area (Å²) in [5, 5.41) is 13.8. The normalized spacial score (nSPS) is 22.5. The smallest absolute Gasteiger partial charge is 0.306 e. The first-order chi connectivity index (χ1) is 10.2. The minimum atomic E-state index is -0.642. The highest BCUT2D eigenvalue weighted by Crippen LogP contribution is 2.27. The summed E-state index contributed by atoms with van der Waals surface area (Å²) in [6.45, 7) is 2.59. The van der Waals surface area contributed by atoms with E-state index in [0.29, 0.717) is 6.04 Å². The second kappa shape index (κ2) is 6.60. The molecule has 0 unspecified atom stereocenters. The van der Waals surface area contributed by atoms with Crippen LogP contribution in [0.1, 0.15) is 56.7 Å². The summed E-state index contributed by atoms with van der Waals surface area (Å²) in [6.07, 6.45) is 10.2. The molecule has 116 valence electrons. The molecule has 1 saturated carbocycles. The molecule has 1 aliphatic heterocycles. The van der Waals surface area contributed by atoms with Crippen LogP contribution in [0.5, 0.6) is 0 Å². The minimum Gasteiger partial charge on any atom is -0.481 e. The van der Waals surface area contributed by atoms with E-state index < -0.39 is 5.97 Å². The Hall–Kier alpha value is -1.36. The van der Waals surface area contributed by atoms with Crippen molar-refractivity contribution in [2.45, 2.75) is 57.5 Å². The average Bonchev–Trinajstić information content (AvgIpc) is 2.97. The number of carbonyl (C=O) groups is 1. The van der Waals surface area contributed by atoms with Crippen molar-refractivity contribution in [1.82, 2.24) is 14.7 Å². The molecule has 1 N–H and O–H groups in total. The Morgan fingerprint density at radius 2 is 1.90 bits per heavy atom. The Balaban J connectivity index is 1.52. The fourth-order valence-electron chi connectivity index (χ4n) is 3.58. The Labute approximate surface area is 125 Å². The summed E-state index contributed by atoms with van der Waals surface area (Å²) in [5.74, 6) is -0.794. The summed E-state index contributed by atoms with van der Waals surface area (Å²) >= 11 is 0. The van der Waals surface area contributed by atoms with Crippen LogP contribution < -0.4 is 0 Å². The predicted molar refractivity (Wildman–Crippen MR) is 80.0 cm³/mol. The lowest BCUT2D eigenvalue weighted by atomic mass is 9.96. The molecule has 1 aromatic rings. The van der Waals surface area contributed by atoms with Gasteiger partial charge in [0.2, 0.25) is 0 Å². The summed E-state index contributed by atoms with van der Waals surface area (Å²) in [5.41, 5.74) is 1.12. The maximum Gasteiger partial charge on any atom is 0.306 e. The van der Waals surface area contributed by atoms with Crippen LogP contribution in [0.4, 0.5) is 0 Å². The van der Waals surface area contributed by atoms with Crippen molar-refractivity contribution in [2.24, 2.45) is 5.92 Å². The highest BCUT2D eigenvalue weighted by atomic mass is 16.4. The van der Waals surface area contributed by atoms with Crippen molar-refractivity contribution in [1.29, 1.82) is 0 Å². The topological polar surface area (TPSA) is 58.4 Å². The van der Waals surface area contributed by atoms with Gasteiger partial charge in [-0.25, -0.2) is 0 Å². The number of nitrogens with zero attached hydrogens (tertiary/aromatic N) is 3. The summed E-state index contributed by atoms with van der Waals surface area (Å²) < 4.78 is 2.15. The van der Waals surface area contributed by atoms with Crippen molar-refractivity contribution in [3.05, 3.63) is 18.0 Å². The summed E-state index contributed by atoms with van der Waals surface area (Å²) in [4.78, 5) is 13.3. The molecular formula is C16H25N3O2. The highest BCUT2D eigenvalue weighted by Gasteiger charge is 2.25. The first kappa shape index (κ1) is 14.6. The predicted octanol–water partition coefficient (Wildman–Crippen LogP) is 2.68. The van der Waals surface area contributed by atoms with Gasteiger partial charge < -0.3 is 5.11 Å². The van der Waals surface area contributed by atoms with Crippen molar-refractivity contribution in [2.75, 3.05) is 13.1 Å².